The third kappa shape index (κ3) is 3.40. The molecule has 3 heterocycles. The molecular formula is C20H25NO3S. The summed E-state index contributed by atoms with van der Waals surface area (Å²) in [6, 6.07) is 4.25. The number of rotatable bonds is 3. The van der Waals surface area contributed by atoms with Gasteiger partial charge in [-0.25, -0.2) is 0 Å². The van der Waals surface area contributed by atoms with E-state index in [0.717, 1.165) is 36.3 Å². The third-order valence-electron chi connectivity index (χ3n) is 5.21. The second kappa shape index (κ2) is 6.29. The third-order valence-corrected chi connectivity index (χ3v) is 6.26. The van der Waals surface area contributed by atoms with Gasteiger partial charge in [-0.15, -0.1) is 11.3 Å². The molecule has 0 fully saturated rings. The maximum Gasteiger partial charge on any atom is 0.223 e. The Morgan fingerprint density at radius 3 is 3.12 bits per heavy atom. The smallest absolute Gasteiger partial charge is 0.223 e. The predicted octanol–water partition coefficient (Wildman–Crippen LogP) is 4.48. The number of fused-ring (bicyclic) bond motifs is 2. The normalized spacial score (nSPS) is 24.4. The molecule has 1 amide bonds. The fourth-order valence-electron chi connectivity index (χ4n) is 4.11. The highest BCUT2D eigenvalue weighted by Crippen LogP contribution is 2.42. The summed E-state index contributed by atoms with van der Waals surface area (Å²) in [7, 11) is 0. The van der Waals surface area contributed by atoms with E-state index in [1.54, 1.807) is 11.3 Å². The maximum absolute atomic E-state index is 12.7. The summed E-state index contributed by atoms with van der Waals surface area (Å²) in [5.74, 6) is 1.99. The van der Waals surface area contributed by atoms with Crippen molar-refractivity contribution in [3.05, 3.63) is 45.0 Å². The van der Waals surface area contributed by atoms with Gasteiger partial charge in [0, 0.05) is 16.9 Å². The van der Waals surface area contributed by atoms with Gasteiger partial charge in [0.2, 0.25) is 5.91 Å². The summed E-state index contributed by atoms with van der Waals surface area (Å²) < 4.78 is 11.7. The van der Waals surface area contributed by atoms with E-state index in [9.17, 15) is 4.79 Å². The van der Waals surface area contributed by atoms with Gasteiger partial charge >= 0.3 is 0 Å². The molecule has 134 valence electrons. The van der Waals surface area contributed by atoms with Gasteiger partial charge in [0.15, 0.2) is 0 Å². The van der Waals surface area contributed by atoms with Gasteiger partial charge in [-0.1, -0.05) is 13.8 Å². The standard InChI is InChI=1S/C20H25NO3S/c1-12-8-14-15(10-20(2,3)11-17(14)24-12)21-18(22)9-16-19-13(4-6-23-16)5-7-25-19/h5,7-8,15-16H,4,6,9-11H2,1-3H3,(H,21,22)/t15-,16+/m1/s1. The van der Waals surface area contributed by atoms with Crippen molar-refractivity contribution in [3.8, 4) is 0 Å². The van der Waals surface area contributed by atoms with Crippen molar-refractivity contribution < 1.29 is 13.9 Å². The van der Waals surface area contributed by atoms with E-state index in [2.05, 4.69) is 36.7 Å². The fourth-order valence-corrected chi connectivity index (χ4v) is 5.11. The molecule has 0 spiro atoms. The highest BCUT2D eigenvalue weighted by Gasteiger charge is 2.36. The molecule has 0 bridgehead atoms. The number of carbonyl (C=O) groups is 1. The Morgan fingerprint density at radius 1 is 1.44 bits per heavy atom. The number of amides is 1. The van der Waals surface area contributed by atoms with Crippen LogP contribution in [-0.2, 0) is 22.4 Å². The van der Waals surface area contributed by atoms with Crippen molar-refractivity contribution in [3.63, 3.8) is 0 Å². The predicted molar refractivity (Wildman–Crippen MR) is 97.8 cm³/mol. The molecule has 2 aliphatic rings. The van der Waals surface area contributed by atoms with Crippen LogP contribution >= 0.6 is 11.3 Å². The Hall–Kier alpha value is -1.59. The van der Waals surface area contributed by atoms with Crippen molar-refractivity contribution in [2.75, 3.05) is 6.61 Å². The fraction of sp³-hybridized carbons (Fsp3) is 0.550. The molecule has 1 aliphatic carbocycles. The lowest BCUT2D eigenvalue weighted by atomic mass is 9.74. The van der Waals surface area contributed by atoms with Gasteiger partial charge in [0.25, 0.3) is 0 Å². The summed E-state index contributed by atoms with van der Waals surface area (Å²) in [5.41, 5.74) is 2.60. The zero-order valence-corrected chi connectivity index (χ0v) is 15.9. The molecule has 0 aromatic carbocycles. The molecule has 0 saturated heterocycles. The second-order valence-corrected chi connectivity index (χ2v) is 8.97. The molecule has 4 rings (SSSR count). The van der Waals surface area contributed by atoms with Crippen molar-refractivity contribution in [1.82, 2.24) is 5.32 Å². The summed E-state index contributed by atoms with van der Waals surface area (Å²) >= 11 is 1.69. The molecule has 4 nitrogen and oxygen atoms in total. The SMILES string of the molecule is Cc1cc2c(o1)CC(C)(C)C[C@H]2NC(=O)C[C@@H]1OCCc2ccsc21. The molecule has 25 heavy (non-hydrogen) atoms. The lowest BCUT2D eigenvalue weighted by Crippen LogP contribution is -2.36. The van der Waals surface area contributed by atoms with Crippen LogP contribution in [0.3, 0.4) is 0 Å². The lowest BCUT2D eigenvalue weighted by Gasteiger charge is -2.35. The second-order valence-electron chi connectivity index (χ2n) is 8.02. The number of hydrogen-bond acceptors (Lipinski definition) is 4. The number of thiophene rings is 1. The largest absolute Gasteiger partial charge is 0.466 e. The number of hydrogen-bond donors (Lipinski definition) is 1. The van der Waals surface area contributed by atoms with E-state index in [4.69, 9.17) is 9.15 Å². The van der Waals surface area contributed by atoms with Crippen LogP contribution in [-0.4, -0.2) is 12.5 Å². The Labute approximate surface area is 152 Å². The molecule has 0 radical (unpaired) electrons. The number of nitrogens with one attached hydrogen (secondary N) is 1. The van der Waals surface area contributed by atoms with E-state index in [0.29, 0.717) is 13.0 Å². The van der Waals surface area contributed by atoms with E-state index >= 15 is 0 Å². The van der Waals surface area contributed by atoms with Gasteiger partial charge in [0.1, 0.15) is 17.6 Å². The topological polar surface area (TPSA) is 51.5 Å². The molecule has 2 atom stereocenters. The van der Waals surface area contributed by atoms with E-state index < -0.39 is 0 Å². The summed E-state index contributed by atoms with van der Waals surface area (Å²) in [6.45, 7) is 7.13. The first kappa shape index (κ1) is 16.9. The Balaban J connectivity index is 1.48. The molecular weight excluding hydrogens is 334 g/mol. The lowest BCUT2D eigenvalue weighted by molar-refractivity contribution is -0.125. The van der Waals surface area contributed by atoms with Crippen LogP contribution in [0.4, 0.5) is 0 Å². The first-order valence-corrected chi connectivity index (χ1v) is 9.86. The molecule has 0 saturated carbocycles. The average Bonchev–Trinajstić information content (AvgIpc) is 3.12. The van der Waals surface area contributed by atoms with Crippen LogP contribution in [0.25, 0.3) is 0 Å². The van der Waals surface area contributed by atoms with Crippen LogP contribution < -0.4 is 5.32 Å². The van der Waals surface area contributed by atoms with Crippen molar-refractivity contribution in [2.24, 2.45) is 5.41 Å². The Morgan fingerprint density at radius 2 is 2.28 bits per heavy atom. The number of furan rings is 1. The minimum absolute atomic E-state index is 0.0232. The Kier molecular flexibility index (Phi) is 4.24. The van der Waals surface area contributed by atoms with E-state index in [-0.39, 0.29) is 23.5 Å². The van der Waals surface area contributed by atoms with Gasteiger partial charge in [-0.3, -0.25) is 4.79 Å². The van der Waals surface area contributed by atoms with Crippen LogP contribution in [0.15, 0.2) is 21.9 Å². The summed E-state index contributed by atoms with van der Waals surface area (Å²) in [4.78, 5) is 13.9. The molecule has 1 N–H and O–H groups in total. The molecule has 2 aromatic heterocycles. The van der Waals surface area contributed by atoms with E-state index in [1.807, 2.05) is 6.92 Å². The van der Waals surface area contributed by atoms with Crippen molar-refractivity contribution in [1.29, 1.82) is 0 Å². The van der Waals surface area contributed by atoms with Crippen LogP contribution in [0.5, 0.6) is 0 Å². The van der Waals surface area contributed by atoms with Gasteiger partial charge in [-0.05, 0) is 48.3 Å². The minimum atomic E-state index is -0.106. The van der Waals surface area contributed by atoms with Gasteiger partial charge in [0.05, 0.1) is 19.1 Å². The van der Waals surface area contributed by atoms with Gasteiger partial charge < -0.3 is 14.5 Å². The van der Waals surface area contributed by atoms with Crippen molar-refractivity contribution in [2.45, 2.75) is 58.6 Å². The highest BCUT2D eigenvalue weighted by molar-refractivity contribution is 7.10. The average molecular weight is 359 g/mol. The zero-order valence-electron chi connectivity index (χ0n) is 15.1. The zero-order chi connectivity index (χ0) is 17.6. The number of ether oxygens (including phenoxy) is 1. The summed E-state index contributed by atoms with van der Waals surface area (Å²) in [5, 5.41) is 5.33. The molecule has 5 heteroatoms. The maximum atomic E-state index is 12.7. The monoisotopic (exact) mass is 359 g/mol. The number of carbonyl (C=O) groups excluding carboxylic acids is 1. The van der Waals surface area contributed by atoms with Gasteiger partial charge in [-0.2, -0.15) is 0 Å². The van der Waals surface area contributed by atoms with Crippen LogP contribution in [0.1, 0.15) is 66.4 Å². The molecule has 2 aromatic rings. The Bertz CT molecular complexity index is 789. The summed E-state index contributed by atoms with van der Waals surface area (Å²) in [6.07, 6.45) is 3.08. The number of aryl methyl sites for hydroxylation is 1. The van der Waals surface area contributed by atoms with Crippen LogP contribution in [0.2, 0.25) is 0 Å². The van der Waals surface area contributed by atoms with Crippen LogP contribution in [0, 0.1) is 12.3 Å². The quantitative estimate of drug-likeness (QED) is 0.879. The van der Waals surface area contributed by atoms with Crippen molar-refractivity contribution >= 4 is 17.2 Å². The van der Waals surface area contributed by atoms with E-state index in [1.165, 1.54) is 10.4 Å². The highest BCUT2D eigenvalue weighted by atomic mass is 32.1. The molecule has 1 aliphatic heterocycles. The first-order valence-electron chi connectivity index (χ1n) is 8.98. The first-order chi connectivity index (χ1) is 11.9. The molecule has 0 unspecified atom stereocenters. The minimum Gasteiger partial charge on any atom is -0.466 e.